The van der Waals surface area contributed by atoms with E-state index in [1.807, 2.05) is 24.3 Å². The van der Waals surface area contributed by atoms with Gasteiger partial charge >= 0.3 is 0 Å². The Balaban J connectivity index is 2.80. The summed E-state index contributed by atoms with van der Waals surface area (Å²) >= 11 is 0. The van der Waals surface area contributed by atoms with Crippen LogP contribution in [-0.4, -0.2) is 7.11 Å². The summed E-state index contributed by atoms with van der Waals surface area (Å²) in [6, 6.07) is 6.11. The highest BCUT2D eigenvalue weighted by atomic mass is 16.5. The van der Waals surface area contributed by atoms with E-state index in [9.17, 15) is 0 Å². The van der Waals surface area contributed by atoms with E-state index < -0.39 is 0 Å². The Morgan fingerprint density at radius 3 is 2.80 bits per heavy atom. The Hall–Kier alpha value is -1.28. The van der Waals surface area contributed by atoms with Crippen molar-refractivity contribution in [2.75, 3.05) is 7.11 Å². The summed E-state index contributed by atoms with van der Waals surface area (Å²) in [6.45, 7) is 5.76. The molecule has 0 aromatic heterocycles. The maximum atomic E-state index is 6.08. The molecule has 2 N–H and O–H groups in total. The van der Waals surface area contributed by atoms with E-state index in [-0.39, 0.29) is 6.04 Å². The number of methoxy groups -OCH3 is 1. The van der Waals surface area contributed by atoms with Crippen molar-refractivity contribution in [2.24, 2.45) is 5.73 Å². The molecule has 0 radical (unpaired) electrons. The molecule has 1 atom stereocenters. The van der Waals surface area contributed by atoms with Gasteiger partial charge in [-0.1, -0.05) is 12.1 Å². The first-order valence-electron chi connectivity index (χ1n) is 5.20. The van der Waals surface area contributed by atoms with Crippen LogP contribution < -0.4 is 10.5 Å². The van der Waals surface area contributed by atoms with Gasteiger partial charge in [0.05, 0.1) is 7.11 Å². The molecule has 0 aliphatic heterocycles. The summed E-state index contributed by atoms with van der Waals surface area (Å²) in [6.07, 6.45) is 3.79. The van der Waals surface area contributed by atoms with Crippen LogP contribution in [0.2, 0.25) is 0 Å². The Morgan fingerprint density at radius 2 is 2.27 bits per heavy atom. The van der Waals surface area contributed by atoms with E-state index in [1.165, 1.54) is 11.1 Å². The normalized spacial score (nSPS) is 12.2. The highest BCUT2D eigenvalue weighted by Crippen LogP contribution is 2.23. The van der Waals surface area contributed by atoms with Gasteiger partial charge in [0, 0.05) is 6.04 Å². The fourth-order valence-corrected chi connectivity index (χ4v) is 1.64. The fourth-order valence-electron chi connectivity index (χ4n) is 1.64. The van der Waals surface area contributed by atoms with Gasteiger partial charge in [-0.2, -0.15) is 0 Å². The highest BCUT2D eigenvalue weighted by Gasteiger charge is 2.08. The van der Waals surface area contributed by atoms with Crippen LogP contribution in [0.3, 0.4) is 0 Å². The van der Waals surface area contributed by atoms with Gasteiger partial charge in [-0.15, -0.1) is 6.58 Å². The molecule has 0 unspecified atom stereocenters. The molecule has 0 saturated carbocycles. The van der Waals surface area contributed by atoms with E-state index in [4.69, 9.17) is 10.5 Å². The third-order valence-electron chi connectivity index (χ3n) is 2.56. The standard InChI is InChI=1S/C13H19NO/c1-4-5-6-13(14)12-8-7-11(15-3)9-10(12)2/h4,7-9,13H,1,5-6,14H2,2-3H3/t13-/m1/s1. The number of hydrogen-bond donors (Lipinski definition) is 1. The zero-order valence-corrected chi connectivity index (χ0v) is 9.49. The van der Waals surface area contributed by atoms with Crippen LogP contribution in [0.15, 0.2) is 30.9 Å². The summed E-state index contributed by atoms with van der Waals surface area (Å²) in [5.74, 6) is 0.882. The molecule has 2 heteroatoms. The SMILES string of the molecule is C=CCC[C@@H](N)c1ccc(OC)cc1C. The molecular formula is C13H19NO. The molecule has 0 heterocycles. The predicted molar refractivity (Wildman–Crippen MR) is 64.1 cm³/mol. The van der Waals surface area contributed by atoms with Gasteiger partial charge in [-0.05, 0) is 43.0 Å². The van der Waals surface area contributed by atoms with Gasteiger partial charge in [0.15, 0.2) is 0 Å². The van der Waals surface area contributed by atoms with Crippen molar-refractivity contribution in [2.45, 2.75) is 25.8 Å². The smallest absolute Gasteiger partial charge is 0.119 e. The van der Waals surface area contributed by atoms with Gasteiger partial charge < -0.3 is 10.5 Å². The van der Waals surface area contributed by atoms with Crippen LogP contribution >= 0.6 is 0 Å². The number of allylic oxidation sites excluding steroid dienone is 1. The third-order valence-corrected chi connectivity index (χ3v) is 2.56. The molecule has 1 rings (SSSR count). The minimum atomic E-state index is 0.0916. The molecule has 0 aliphatic carbocycles. The Labute approximate surface area is 91.7 Å². The lowest BCUT2D eigenvalue weighted by Gasteiger charge is -2.14. The van der Waals surface area contributed by atoms with E-state index in [0.717, 1.165) is 18.6 Å². The average Bonchev–Trinajstić information content (AvgIpc) is 2.25. The van der Waals surface area contributed by atoms with Crippen molar-refractivity contribution < 1.29 is 4.74 Å². The van der Waals surface area contributed by atoms with Crippen LogP contribution in [0.1, 0.15) is 30.0 Å². The van der Waals surface area contributed by atoms with Crippen LogP contribution in [-0.2, 0) is 0 Å². The Kier molecular flexibility index (Phi) is 4.37. The van der Waals surface area contributed by atoms with Gasteiger partial charge in [0.25, 0.3) is 0 Å². The summed E-state index contributed by atoms with van der Waals surface area (Å²) in [5.41, 5.74) is 8.46. The molecule has 0 spiro atoms. The maximum absolute atomic E-state index is 6.08. The third kappa shape index (κ3) is 3.10. The molecule has 0 aliphatic rings. The molecule has 0 bridgehead atoms. The van der Waals surface area contributed by atoms with Gasteiger partial charge in [0.2, 0.25) is 0 Å². The van der Waals surface area contributed by atoms with Crippen molar-refractivity contribution in [3.8, 4) is 5.75 Å². The number of hydrogen-bond acceptors (Lipinski definition) is 2. The number of benzene rings is 1. The minimum Gasteiger partial charge on any atom is -0.497 e. The summed E-state index contributed by atoms with van der Waals surface area (Å²) < 4.78 is 5.15. The number of nitrogens with two attached hydrogens (primary N) is 1. The first-order valence-corrected chi connectivity index (χ1v) is 5.20. The van der Waals surface area contributed by atoms with Crippen LogP contribution in [0.25, 0.3) is 0 Å². The predicted octanol–water partition coefficient (Wildman–Crippen LogP) is 2.97. The number of rotatable bonds is 5. The highest BCUT2D eigenvalue weighted by molar-refractivity contribution is 5.36. The summed E-state index contributed by atoms with van der Waals surface area (Å²) in [7, 11) is 1.67. The molecule has 0 fully saturated rings. The van der Waals surface area contributed by atoms with Gasteiger partial charge in [0.1, 0.15) is 5.75 Å². The van der Waals surface area contributed by atoms with E-state index >= 15 is 0 Å². The van der Waals surface area contributed by atoms with Crippen LogP contribution in [0.5, 0.6) is 5.75 Å². The molecule has 0 amide bonds. The molecule has 2 nitrogen and oxygen atoms in total. The topological polar surface area (TPSA) is 35.2 Å². The van der Waals surface area contributed by atoms with Crippen LogP contribution in [0.4, 0.5) is 0 Å². The summed E-state index contributed by atoms with van der Waals surface area (Å²) in [4.78, 5) is 0. The van der Waals surface area contributed by atoms with Crippen molar-refractivity contribution >= 4 is 0 Å². The second-order valence-electron chi connectivity index (χ2n) is 3.70. The van der Waals surface area contributed by atoms with Crippen molar-refractivity contribution in [3.63, 3.8) is 0 Å². The lowest BCUT2D eigenvalue weighted by molar-refractivity contribution is 0.414. The second-order valence-corrected chi connectivity index (χ2v) is 3.70. The monoisotopic (exact) mass is 205 g/mol. The number of ether oxygens (including phenoxy) is 1. The van der Waals surface area contributed by atoms with Gasteiger partial charge in [-0.3, -0.25) is 0 Å². The van der Waals surface area contributed by atoms with E-state index in [0.29, 0.717) is 0 Å². The fraction of sp³-hybridized carbons (Fsp3) is 0.385. The van der Waals surface area contributed by atoms with Crippen molar-refractivity contribution in [1.29, 1.82) is 0 Å². The second kappa shape index (κ2) is 5.56. The lowest BCUT2D eigenvalue weighted by atomic mass is 9.98. The molecular weight excluding hydrogens is 186 g/mol. The lowest BCUT2D eigenvalue weighted by Crippen LogP contribution is -2.11. The maximum Gasteiger partial charge on any atom is 0.119 e. The first-order chi connectivity index (χ1) is 7.19. The van der Waals surface area contributed by atoms with Crippen molar-refractivity contribution in [3.05, 3.63) is 42.0 Å². The van der Waals surface area contributed by atoms with Crippen LogP contribution in [0, 0.1) is 6.92 Å². The van der Waals surface area contributed by atoms with E-state index in [2.05, 4.69) is 13.5 Å². The summed E-state index contributed by atoms with van der Waals surface area (Å²) in [5, 5.41) is 0. The Bertz CT molecular complexity index is 333. The van der Waals surface area contributed by atoms with Gasteiger partial charge in [-0.25, -0.2) is 0 Å². The molecule has 82 valence electrons. The number of aryl methyl sites for hydroxylation is 1. The molecule has 15 heavy (non-hydrogen) atoms. The van der Waals surface area contributed by atoms with E-state index in [1.54, 1.807) is 7.11 Å². The molecule has 0 saturated heterocycles. The molecule has 1 aromatic rings. The Morgan fingerprint density at radius 1 is 1.53 bits per heavy atom. The van der Waals surface area contributed by atoms with Crippen molar-refractivity contribution in [1.82, 2.24) is 0 Å². The first kappa shape index (κ1) is 11.8. The zero-order chi connectivity index (χ0) is 11.3. The largest absolute Gasteiger partial charge is 0.497 e. The average molecular weight is 205 g/mol. The molecule has 1 aromatic carbocycles. The quantitative estimate of drug-likeness (QED) is 0.750. The zero-order valence-electron chi connectivity index (χ0n) is 9.49. The minimum absolute atomic E-state index is 0.0916.